The van der Waals surface area contributed by atoms with Crippen LogP contribution in [0.1, 0.15) is 13.3 Å². The van der Waals surface area contributed by atoms with E-state index >= 15 is 0 Å². The lowest BCUT2D eigenvalue weighted by atomic mass is 10.3. The van der Waals surface area contributed by atoms with Gasteiger partial charge in [-0.3, -0.25) is 4.90 Å². The number of halogens is 2. The topological polar surface area (TPSA) is 56.5 Å². The van der Waals surface area contributed by atoms with Gasteiger partial charge in [-0.15, -0.1) is 0 Å². The van der Waals surface area contributed by atoms with Gasteiger partial charge in [-0.1, -0.05) is 30.1 Å². The Morgan fingerprint density at radius 1 is 1.45 bits per heavy atom. The van der Waals surface area contributed by atoms with Crippen LogP contribution in [0, 0.1) is 11.3 Å². The summed E-state index contributed by atoms with van der Waals surface area (Å²) >= 11 is 11.8. The van der Waals surface area contributed by atoms with E-state index in [0.717, 1.165) is 6.54 Å². The molecule has 4 nitrogen and oxygen atoms in total. The number of aliphatic hydroxyl groups is 1. The fourth-order valence-corrected chi connectivity index (χ4v) is 2.05. The average Bonchev–Trinajstić information content (AvgIpc) is 2.44. The number of nitriles is 1. The number of hydrogen-bond acceptors (Lipinski definition) is 4. The van der Waals surface area contributed by atoms with E-state index < -0.39 is 6.10 Å². The average molecular weight is 317 g/mol. The molecular formula is C14H18Cl2N2O2. The molecule has 0 fully saturated rings. The van der Waals surface area contributed by atoms with Crippen molar-refractivity contribution in [3.63, 3.8) is 0 Å². The van der Waals surface area contributed by atoms with Crippen molar-refractivity contribution in [2.24, 2.45) is 0 Å². The Hall–Kier alpha value is -0.990. The SMILES string of the molecule is CCN(CCC#N)CC(O)COc1cc(Cl)ccc1Cl. The zero-order valence-corrected chi connectivity index (χ0v) is 12.9. The molecule has 1 atom stereocenters. The van der Waals surface area contributed by atoms with Crippen LogP contribution in [0.25, 0.3) is 0 Å². The first kappa shape index (κ1) is 17.1. The molecule has 0 aliphatic rings. The van der Waals surface area contributed by atoms with Crippen molar-refractivity contribution < 1.29 is 9.84 Å². The molecular weight excluding hydrogens is 299 g/mol. The lowest BCUT2D eigenvalue weighted by molar-refractivity contribution is 0.0706. The molecule has 0 spiro atoms. The highest BCUT2D eigenvalue weighted by Gasteiger charge is 2.12. The van der Waals surface area contributed by atoms with Crippen LogP contribution < -0.4 is 4.74 Å². The third kappa shape index (κ3) is 5.98. The first-order chi connectivity index (χ1) is 9.56. The molecule has 1 unspecified atom stereocenters. The van der Waals surface area contributed by atoms with Gasteiger partial charge in [0.1, 0.15) is 18.5 Å². The molecule has 20 heavy (non-hydrogen) atoms. The number of aliphatic hydroxyl groups excluding tert-OH is 1. The first-order valence-electron chi connectivity index (χ1n) is 6.42. The van der Waals surface area contributed by atoms with E-state index in [0.29, 0.717) is 35.3 Å². The van der Waals surface area contributed by atoms with Gasteiger partial charge in [0, 0.05) is 30.6 Å². The van der Waals surface area contributed by atoms with E-state index in [4.69, 9.17) is 33.2 Å². The lowest BCUT2D eigenvalue weighted by Gasteiger charge is -2.22. The van der Waals surface area contributed by atoms with Crippen LogP contribution in [-0.4, -0.2) is 42.4 Å². The minimum atomic E-state index is -0.649. The molecule has 0 aromatic heterocycles. The summed E-state index contributed by atoms with van der Waals surface area (Å²) in [6, 6.07) is 7.03. The standard InChI is InChI=1S/C14H18Cl2N2O2/c1-2-18(7-3-6-17)9-12(19)10-20-14-8-11(15)4-5-13(14)16/h4-5,8,12,19H,2-3,7,9-10H2,1H3. The maximum absolute atomic E-state index is 9.95. The smallest absolute Gasteiger partial charge is 0.139 e. The second-order valence-corrected chi connectivity index (χ2v) is 5.18. The van der Waals surface area contributed by atoms with E-state index in [9.17, 15) is 5.11 Å². The van der Waals surface area contributed by atoms with E-state index in [-0.39, 0.29) is 6.61 Å². The Balaban J connectivity index is 2.44. The number of rotatable bonds is 8. The molecule has 1 aromatic rings. The minimum Gasteiger partial charge on any atom is -0.489 e. The van der Waals surface area contributed by atoms with Gasteiger partial charge in [0.15, 0.2) is 0 Å². The number of likely N-dealkylation sites (N-methyl/N-ethyl adjacent to an activating group) is 1. The van der Waals surface area contributed by atoms with Gasteiger partial charge < -0.3 is 9.84 Å². The quantitative estimate of drug-likeness (QED) is 0.801. The summed E-state index contributed by atoms with van der Waals surface area (Å²) in [7, 11) is 0. The Bertz CT molecular complexity index is 463. The zero-order chi connectivity index (χ0) is 15.0. The third-order valence-electron chi connectivity index (χ3n) is 2.78. The molecule has 1 N–H and O–H groups in total. The molecule has 0 bridgehead atoms. The van der Waals surface area contributed by atoms with Crippen LogP contribution in [0.4, 0.5) is 0 Å². The second kappa shape index (κ2) is 9.04. The van der Waals surface area contributed by atoms with Gasteiger partial charge in [-0.05, 0) is 18.7 Å². The van der Waals surface area contributed by atoms with Gasteiger partial charge in [0.25, 0.3) is 0 Å². The number of ether oxygens (including phenoxy) is 1. The van der Waals surface area contributed by atoms with Crippen molar-refractivity contribution in [2.45, 2.75) is 19.4 Å². The summed E-state index contributed by atoms with van der Waals surface area (Å²) in [6.07, 6.45) is -0.203. The summed E-state index contributed by atoms with van der Waals surface area (Å²) in [4.78, 5) is 2.00. The van der Waals surface area contributed by atoms with Crippen molar-refractivity contribution in [2.75, 3.05) is 26.2 Å². The summed E-state index contributed by atoms with van der Waals surface area (Å²) < 4.78 is 5.47. The molecule has 0 saturated carbocycles. The molecule has 0 aliphatic heterocycles. The highest BCUT2D eigenvalue weighted by Crippen LogP contribution is 2.27. The molecule has 0 aliphatic carbocycles. The minimum absolute atomic E-state index is 0.128. The summed E-state index contributed by atoms with van der Waals surface area (Å²) in [5.41, 5.74) is 0. The van der Waals surface area contributed by atoms with Gasteiger partial charge in [-0.2, -0.15) is 5.26 Å². The zero-order valence-electron chi connectivity index (χ0n) is 11.4. The molecule has 110 valence electrons. The second-order valence-electron chi connectivity index (χ2n) is 4.34. The Morgan fingerprint density at radius 3 is 2.85 bits per heavy atom. The van der Waals surface area contributed by atoms with Crippen molar-refractivity contribution >= 4 is 23.2 Å². The van der Waals surface area contributed by atoms with E-state index in [1.54, 1.807) is 18.2 Å². The maximum Gasteiger partial charge on any atom is 0.139 e. The predicted molar refractivity (Wildman–Crippen MR) is 80.3 cm³/mol. The lowest BCUT2D eigenvalue weighted by Crippen LogP contribution is -2.36. The fourth-order valence-electron chi connectivity index (χ4n) is 1.71. The number of benzene rings is 1. The van der Waals surface area contributed by atoms with E-state index in [2.05, 4.69) is 6.07 Å². The van der Waals surface area contributed by atoms with Crippen LogP contribution >= 0.6 is 23.2 Å². The number of nitrogens with zero attached hydrogens (tertiary/aromatic N) is 2. The van der Waals surface area contributed by atoms with Crippen molar-refractivity contribution in [3.05, 3.63) is 28.2 Å². The van der Waals surface area contributed by atoms with Crippen molar-refractivity contribution in [3.8, 4) is 11.8 Å². The molecule has 0 saturated heterocycles. The molecule has 0 amide bonds. The van der Waals surface area contributed by atoms with Crippen LogP contribution in [-0.2, 0) is 0 Å². The molecule has 1 rings (SSSR count). The molecule has 1 aromatic carbocycles. The summed E-state index contributed by atoms with van der Waals surface area (Å²) in [5, 5.41) is 19.5. The van der Waals surface area contributed by atoms with Crippen molar-refractivity contribution in [1.82, 2.24) is 4.90 Å². The third-order valence-corrected chi connectivity index (χ3v) is 3.33. The Kier molecular flexibility index (Phi) is 7.71. The predicted octanol–water partition coefficient (Wildman–Crippen LogP) is 2.97. The van der Waals surface area contributed by atoms with Gasteiger partial charge in [0.2, 0.25) is 0 Å². The van der Waals surface area contributed by atoms with Crippen LogP contribution in [0.3, 0.4) is 0 Å². The van der Waals surface area contributed by atoms with E-state index in [1.165, 1.54) is 0 Å². The first-order valence-corrected chi connectivity index (χ1v) is 7.17. The fraction of sp³-hybridized carbons (Fsp3) is 0.500. The monoisotopic (exact) mass is 316 g/mol. The maximum atomic E-state index is 9.95. The molecule has 0 heterocycles. The highest BCUT2D eigenvalue weighted by atomic mass is 35.5. The number of hydrogen-bond donors (Lipinski definition) is 1. The van der Waals surface area contributed by atoms with Crippen molar-refractivity contribution in [1.29, 1.82) is 5.26 Å². The van der Waals surface area contributed by atoms with Gasteiger partial charge >= 0.3 is 0 Å². The van der Waals surface area contributed by atoms with Crippen LogP contribution in [0.5, 0.6) is 5.75 Å². The Labute approximate surface area is 129 Å². The summed E-state index contributed by atoms with van der Waals surface area (Å²) in [6.45, 7) is 3.98. The summed E-state index contributed by atoms with van der Waals surface area (Å²) in [5.74, 6) is 0.457. The van der Waals surface area contributed by atoms with E-state index in [1.807, 2.05) is 11.8 Å². The van der Waals surface area contributed by atoms with Gasteiger partial charge in [0.05, 0.1) is 11.1 Å². The normalized spacial score (nSPS) is 12.2. The van der Waals surface area contributed by atoms with Gasteiger partial charge in [-0.25, -0.2) is 0 Å². The largest absolute Gasteiger partial charge is 0.489 e. The van der Waals surface area contributed by atoms with Crippen LogP contribution in [0.2, 0.25) is 10.0 Å². The molecule has 6 heteroatoms. The van der Waals surface area contributed by atoms with Crippen LogP contribution in [0.15, 0.2) is 18.2 Å². The molecule has 0 radical (unpaired) electrons. The highest BCUT2D eigenvalue weighted by molar-refractivity contribution is 6.34. The Morgan fingerprint density at radius 2 is 2.20 bits per heavy atom.